The van der Waals surface area contributed by atoms with Crippen molar-refractivity contribution < 1.29 is 0 Å². The van der Waals surface area contributed by atoms with Crippen LogP contribution in [0.4, 0.5) is 0 Å². The molecule has 0 amide bonds. The Morgan fingerprint density at radius 2 is 1.94 bits per heavy atom. The minimum absolute atomic E-state index is 0.782. The quantitative estimate of drug-likeness (QED) is 0.554. The third-order valence-electron chi connectivity index (χ3n) is 3.11. The van der Waals surface area contributed by atoms with Gasteiger partial charge in [0, 0.05) is 21.5 Å². The van der Waals surface area contributed by atoms with Crippen LogP contribution in [-0.4, -0.2) is 23.3 Å². The van der Waals surface area contributed by atoms with Crippen molar-refractivity contribution in [1.82, 2.24) is 4.90 Å². The third-order valence-corrected chi connectivity index (χ3v) is 4.58. The van der Waals surface area contributed by atoms with Crippen LogP contribution in [0.15, 0.2) is 24.3 Å². The van der Waals surface area contributed by atoms with Gasteiger partial charge in [-0.25, -0.2) is 0 Å². The molecule has 1 aliphatic carbocycles. The molecule has 1 fully saturated rings. The normalized spacial score (nSPS) is 24.5. The molecule has 0 N–H and O–H groups in total. The van der Waals surface area contributed by atoms with Gasteiger partial charge in [0.15, 0.2) is 0 Å². The first-order chi connectivity index (χ1) is 7.63. The molecule has 0 saturated heterocycles. The highest BCUT2D eigenvalue weighted by molar-refractivity contribution is 14.1. The molecule has 3 heteroatoms. The Morgan fingerprint density at radius 1 is 1.31 bits per heavy atom. The fourth-order valence-corrected chi connectivity index (χ4v) is 3.63. The van der Waals surface area contributed by atoms with E-state index in [2.05, 4.69) is 74.7 Å². The second-order valence-electron chi connectivity index (χ2n) is 4.76. The van der Waals surface area contributed by atoms with Crippen LogP contribution in [0.5, 0.6) is 0 Å². The Labute approximate surface area is 120 Å². The minimum atomic E-state index is 0.782. The van der Waals surface area contributed by atoms with E-state index in [9.17, 15) is 0 Å². The molecule has 0 unspecified atom stereocenters. The summed E-state index contributed by atoms with van der Waals surface area (Å²) in [6, 6.07) is 8.82. The maximum atomic E-state index is 3.65. The fraction of sp³-hybridized carbons (Fsp3) is 0.538. The van der Waals surface area contributed by atoms with Gasteiger partial charge in [-0.05, 0) is 66.1 Å². The van der Waals surface area contributed by atoms with Crippen LogP contribution < -0.4 is 0 Å². The monoisotopic (exact) mass is 393 g/mol. The zero-order chi connectivity index (χ0) is 11.5. The Hall–Kier alpha value is 0.390. The second kappa shape index (κ2) is 5.83. The van der Waals surface area contributed by atoms with E-state index in [4.69, 9.17) is 0 Å². The summed E-state index contributed by atoms with van der Waals surface area (Å²) in [5.41, 5.74) is 1.41. The number of hydrogen-bond acceptors (Lipinski definition) is 1. The first-order valence-corrected chi connectivity index (χ1v) is 7.70. The van der Waals surface area contributed by atoms with Gasteiger partial charge in [-0.15, -0.1) is 0 Å². The third kappa shape index (κ3) is 3.70. The van der Waals surface area contributed by atoms with E-state index in [1.807, 2.05) is 0 Å². The van der Waals surface area contributed by atoms with Crippen molar-refractivity contribution in [1.29, 1.82) is 0 Å². The van der Waals surface area contributed by atoms with Crippen molar-refractivity contribution >= 4 is 38.5 Å². The maximum absolute atomic E-state index is 3.65. The van der Waals surface area contributed by atoms with E-state index in [0.717, 1.165) is 17.3 Å². The van der Waals surface area contributed by atoms with Crippen molar-refractivity contribution in [2.24, 2.45) is 5.92 Å². The van der Waals surface area contributed by atoms with Crippen LogP contribution >= 0.6 is 38.5 Å². The van der Waals surface area contributed by atoms with Gasteiger partial charge in [0.05, 0.1) is 0 Å². The van der Waals surface area contributed by atoms with Gasteiger partial charge in [-0.1, -0.05) is 28.1 Å². The lowest BCUT2D eigenvalue weighted by atomic mass is 9.85. The molecule has 0 aromatic heterocycles. The van der Waals surface area contributed by atoms with Gasteiger partial charge in [0.2, 0.25) is 0 Å². The summed E-state index contributed by atoms with van der Waals surface area (Å²) in [6.07, 6.45) is 2.69. The standard InChI is InChI=1S/C13H17BrIN/c1-16(9-11-6-12(14)7-11)8-10-2-4-13(15)5-3-10/h2-5,11-12H,6-9H2,1H3. The molecular formula is C13H17BrIN. The molecule has 0 spiro atoms. The van der Waals surface area contributed by atoms with Gasteiger partial charge in [-0.2, -0.15) is 0 Å². The van der Waals surface area contributed by atoms with E-state index in [1.165, 1.54) is 28.5 Å². The van der Waals surface area contributed by atoms with E-state index >= 15 is 0 Å². The number of halogens is 2. The maximum Gasteiger partial charge on any atom is 0.0230 e. The molecule has 2 rings (SSSR count). The first kappa shape index (κ1) is 12.8. The SMILES string of the molecule is CN(Cc1ccc(I)cc1)CC1CC(Br)C1. The molecule has 0 aliphatic heterocycles. The van der Waals surface area contributed by atoms with Crippen molar-refractivity contribution in [2.75, 3.05) is 13.6 Å². The Kier molecular flexibility index (Phi) is 4.67. The zero-order valence-corrected chi connectivity index (χ0v) is 13.2. The highest BCUT2D eigenvalue weighted by atomic mass is 127. The molecule has 88 valence electrons. The van der Waals surface area contributed by atoms with Crippen molar-refractivity contribution in [3.63, 3.8) is 0 Å². The summed E-state index contributed by atoms with van der Waals surface area (Å²) >= 11 is 5.99. The summed E-state index contributed by atoms with van der Waals surface area (Å²) in [5, 5.41) is 0. The van der Waals surface area contributed by atoms with Gasteiger partial charge < -0.3 is 4.90 Å². The predicted molar refractivity (Wildman–Crippen MR) is 80.9 cm³/mol. The number of benzene rings is 1. The first-order valence-electron chi connectivity index (χ1n) is 5.70. The molecule has 0 heterocycles. The summed E-state index contributed by atoms with van der Waals surface area (Å²) in [4.78, 5) is 3.22. The fourth-order valence-electron chi connectivity index (χ4n) is 2.21. The van der Waals surface area contributed by atoms with Gasteiger partial charge in [0.25, 0.3) is 0 Å². The number of rotatable bonds is 4. The number of hydrogen-bond donors (Lipinski definition) is 0. The molecule has 1 aromatic carbocycles. The topological polar surface area (TPSA) is 3.24 Å². The summed E-state index contributed by atoms with van der Waals surface area (Å²) in [6.45, 7) is 2.30. The Morgan fingerprint density at radius 3 is 2.50 bits per heavy atom. The number of alkyl halides is 1. The van der Waals surface area contributed by atoms with Gasteiger partial charge >= 0.3 is 0 Å². The Balaban J connectivity index is 1.78. The molecule has 1 aromatic rings. The zero-order valence-electron chi connectivity index (χ0n) is 9.50. The summed E-state index contributed by atoms with van der Waals surface area (Å²) in [5.74, 6) is 0.901. The van der Waals surface area contributed by atoms with E-state index in [-0.39, 0.29) is 0 Å². The predicted octanol–water partition coefficient (Wildman–Crippen LogP) is 3.90. The highest BCUT2D eigenvalue weighted by Crippen LogP contribution is 2.33. The molecule has 0 bridgehead atoms. The van der Waals surface area contributed by atoms with Crippen LogP contribution in [0.25, 0.3) is 0 Å². The lowest BCUT2D eigenvalue weighted by Gasteiger charge is -2.34. The smallest absolute Gasteiger partial charge is 0.0230 e. The molecule has 16 heavy (non-hydrogen) atoms. The van der Waals surface area contributed by atoms with Gasteiger partial charge in [-0.3, -0.25) is 0 Å². The van der Waals surface area contributed by atoms with E-state index in [0.29, 0.717) is 0 Å². The van der Waals surface area contributed by atoms with Crippen LogP contribution in [-0.2, 0) is 6.54 Å². The van der Waals surface area contributed by atoms with E-state index in [1.54, 1.807) is 0 Å². The summed E-state index contributed by atoms with van der Waals surface area (Å²) < 4.78 is 1.31. The molecule has 1 saturated carbocycles. The second-order valence-corrected chi connectivity index (χ2v) is 7.30. The molecule has 1 aliphatic rings. The minimum Gasteiger partial charge on any atom is -0.302 e. The lowest BCUT2D eigenvalue weighted by molar-refractivity contribution is 0.208. The van der Waals surface area contributed by atoms with Crippen LogP contribution in [0.3, 0.4) is 0 Å². The largest absolute Gasteiger partial charge is 0.302 e. The van der Waals surface area contributed by atoms with Crippen molar-refractivity contribution in [3.8, 4) is 0 Å². The lowest BCUT2D eigenvalue weighted by Crippen LogP contribution is -2.34. The van der Waals surface area contributed by atoms with Crippen LogP contribution in [0.2, 0.25) is 0 Å². The molecule has 1 nitrogen and oxygen atoms in total. The van der Waals surface area contributed by atoms with Crippen LogP contribution in [0, 0.1) is 9.49 Å². The van der Waals surface area contributed by atoms with Gasteiger partial charge in [0.1, 0.15) is 0 Å². The average Bonchev–Trinajstić information content (AvgIpc) is 2.19. The van der Waals surface area contributed by atoms with Crippen molar-refractivity contribution in [2.45, 2.75) is 24.2 Å². The number of nitrogens with zero attached hydrogens (tertiary/aromatic N) is 1. The average molecular weight is 394 g/mol. The van der Waals surface area contributed by atoms with E-state index < -0.39 is 0 Å². The molecule has 0 radical (unpaired) electrons. The highest BCUT2D eigenvalue weighted by Gasteiger charge is 2.27. The van der Waals surface area contributed by atoms with Crippen molar-refractivity contribution in [3.05, 3.63) is 33.4 Å². The molecule has 0 atom stereocenters. The Bertz CT molecular complexity index is 332. The van der Waals surface area contributed by atoms with Crippen LogP contribution in [0.1, 0.15) is 18.4 Å². The molecular weight excluding hydrogens is 377 g/mol. The summed E-state index contributed by atoms with van der Waals surface area (Å²) in [7, 11) is 2.22.